The number of fused-ring (bicyclic) bond motifs is 4. The fourth-order valence-electron chi connectivity index (χ4n) is 10.0. The molecule has 0 heterocycles. The Morgan fingerprint density at radius 2 is 1.64 bits per heavy atom. The molecule has 0 amide bonds. The third kappa shape index (κ3) is 4.99. The number of rotatable bonds is 5. The summed E-state index contributed by atoms with van der Waals surface area (Å²) in [5.41, 5.74) is 0.722. The van der Waals surface area contributed by atoms with E-state index in [0.29, 0.717) is 11.3 Å². The van der Waals surface area contributed by atoms with Gasteiger partial charge in [-0.05, 0) is 104 Å². The Morgan fingerprint density at radius 3 is 2.24 bits per heavy atom. The molecule has 0 aromatic rings. The Morgan fingerprint density at radius 1 is 0.970 bits per heavy atom. The molecule has 1 N–H and O–H groups in total. The Balaban J connectivity index is 0.000000499. The van der Waals surface area contributed by atoms with Crippen molar-refractivity contribution in [3.05, 3.63) is 0 Å². The number of hydrogen-bond acceptors (Lipinski definition) is 1. The fourth-order valence-corrected chi connectivity index (χ4v) is 10.0. The Labute approximate surface area is 223 Å². The molecular formula is C27H46Cl4MoO. The first-order valence-corrected chi connectivity index (χ1v) is 23.7. The summed E-state index contributed by atoms with van der Waals surface area (Å²) in [5, 5.41) is 11.4. The molecule has 0 bridgehead atoms. The molecule has 0 aromatic carbocycles. The Kier molecular flexibility index (Phi) is 7.88. The predicted octanol–water partition coefficient (Wildman–Crippen LogP) is 9.83. The van der Waals surface area contributed by atoms with Gasteiger partial charge in [-0.25, -0.2) is 0 Å². The zero-order chi connectivity index (χ0) is 25.3. The molecule has 0 aliphatic heterocycles. The second kappa shape index (κ2) is 9.84. The first kappa shape index (κ1) is 26.4. The van der Waals surface area contributed by atoms with Crippen LogP contribution in [0, 0.1) is 57.7 Å². The summed E-state index contributed by atoms with van der Waals surface area (Å²) in [6.45, 7) is 12.4. The van der Waals surface area contributed by atoms with E-state index in [4.69, 9.17) is 39.0 Å². The third-order valence-electron chi connectivity index (χ3n) is 11.4. The quantitative estimate of drug-likeness (QED) is 0.302. The first-order valence-electron chi connectivity index (χ1n) is 14.0. The van der Waals surface area contributed by atoms with Crippen LogP contribution in [-0.4, -0.2) is 11.2 Å². The molecule has 5 fully saturated rings. The maximum atomic E-state index is 11.4. The van der Waals surface area contributed by atoms with Gasteiger partial charge in [-0.1, -0.05) is 53.9 Å². The molecule has 5 rings (SSSR count). The molecule has 5 aliphatic carbocycles. The zero-order valence-electron chi connectivity index (χ0n) is 22.1. The molecule has 1 spiro atoms. The van der Waals surface area contributed by atoms with Crippen molar-refractivity contribution in [3.8, 4) is 0 Å². The molecule has 11 atom stereocenters. The van der Waals surface area contributed by atoms with E-state index in [1.165, 1.54) is 57.8 Å². The summed E-state index contributed by atoms with van der Waals surface area (Å²) in [4.78, 5) is 0. The Hall–Kier alpha value is 1.81. The van der Waals surface area contributed by atoms with Crippen molar-refractivity contribution in [2.24, 2.45) is 57.7 Å². The van der Waals surface area contributed by atoms with Gasteiger partial charge in [0, 0.05) is 6.79 Å². The monoisotopic (exact) mass is 625 g/mol. The summed E-state index contributed by atoms with van der Waals surface area (Å²) < 4.78 is 8.69. The molecule has 5 saturated carbocycles. The molecule has 33 heavy (non-hydrogen) atoms. The van der Waals surface area contributed by atoms with E-state index in [-0.39, 0.29) is 23.3 Å². The Bertz CT molecular complexity index is 743. The van der Waals surface area contributed by atoms with Crippen LogP contribution in [0.4, 0.5) is 0 Å². The van der Waals surface area contributed by atoms with E-state index in [9.17, 15) is 5.11 Å². The van der Waals surface area contributed by atoms with E-state index >= 15 is 0 Å². The molecule has 6 heteroatoms. The molecular weight excluding hydrogens is 578 g/mol. The SMILES string of the molecule is [2H][C@@H]1[C@H]2CC[C@]3(C)[C@H]4CC[C@]5(C)[C@@H]([C@H](C)CCCC(C)C)CC[C@H]5[C@@H]4C[C@@H](O)C123.[Cl][Mo]([Cl])([Cl])[Cl]. The van der Waals surface area contributed by atoms with E-state index in [1.54, 1.807) is 0 Å². The van der Waals surface area contributed by atoms with Gasteiger partial charge in [0.15, 0.2) is 0 Å². The van der Waals surface area contributed by atoms with Crippen LogP contribution in [0.15, 0.2) is 0 Å². The van der Waals surface area contributed by atoms with E-state index in [1.807, 2.05) is 0 Å². The van der Waals surface area contributed by atoms with Crippen LogP contribution in [-0.2, 0) is 11.9 Å². The molecule has 5 aliphatic rings. The van der Waals surface area contributed by atoms with E-state index in [2.05, 4.69) is 34.6 Å². The van der Waals surface area contributed by atoms with Gasteiger partial charge in [0.25, 0.3) is 0 Å². The van der Waals surface area contributed by atoms with Crippen LogP contribution in [0.1, 0.15) is 107 Å². The van der Waals surface area contributed by atoms with E-state index < -0.39 is 11.9 Å². The summed E-state index contributed by atoms with van der Waals surface area (Å²) in [6, 6.07) is 0. The van der Waals surface area contributed by atoms with Gasteiger partial charge in [0.05, 0.1) is 6.10 Å². The average Bonchev–Trinajstić information content (AvgIpc) is 2.98. The third-order valence-corrected chi connectivity index (χ3v) is 11.4. The predicted molar refractivity (Wildman–Crippen MR) is 140 cm³/mol. The van der Waals surface area contributed by atoms with Gasteiger partial charge < -0.3 is 5.11 Å². The van der Waals surface area contributed by atoms with Crippen molar-refractivity contribution in [3.63, 3.8) is 0 Å². The molecule has 0 aromatic heterocycles. The van der Waals surface area contributed by atoms with Crippen molar-refractivity contribution < 1.29 is 18.4 Å². The standard InChI is InChI=1S/C27H46O.4ClH.Mo/c1-17(2)7-6-8-18(3)21-9-10-22-20-15-24(28)27-16-19(27)11-14-26(27,5)23(20)12-13-25(21,22)4;;;;;/h17-24,28H,6-16H2,1-5H3;4*1H;/q;;;;;+4/p-4/t18-,19-,20+,21-,22+,23+,24-,25-,26-,27?;;;;;/m1...../s1/i16D;;;;;/t16-,18-,19-,20+,21-,22+,23+,24-,25-,26-,27?;;;;;. The summed E-state index contributed by atoms with van der Waals surface area (Å²) in [5.74, 6) is 5.41. The molecule has 1 unspecified atom stereocenters. The fraction of sp³-hybridized carbons (Fsp3) is 1.00. The van der Waals surface area contributed by atoms with Gasteiger partial charge in [0.1, 0.15) is 0 Å². The maximum absolute atomic E-state index is 11.4. The minimum atomic E-state index is -3.13. The van der Waals surface area contributed by atoms with Crippen LogP contribution in [0.3, 0.4) is 0 Å². The van der Waals surface area contributed by atoms with Gasteiger partial charge >= 0.3 is 49.6 Å². The van der Waals surface area contributed by atoms with Crippen molar-refractivity contribution in [2.75, 3.05) is 0 Å². The van der Waals surface area contributed by atoms with Gasteiger partial charge in [-0.15, -0.1) is 0 Å². The van der Waals surface area contributed by atoms with Crippen LogP contribution in [0.25, 0.3) is 0 Å². The molecule has 0 saturated heterocycles. The number of aliphatic hydroxyl groups is 1. The summed E-state index contributed by atoms with van der Waals surface area (Å²) in [6.07, 6.45) is 13.1. The van der Waals surface area contributed by atoms with Crippen molar-refractivity contribution in [2.45, 2.75) is 111 Å². The number of halogens is 4. The second-order valence-electron chi connectivity index (χ2n) is 13.2. The van der Waals surface area contributed by atoms with Crippen LogP contribution in [0.2, 0.25) is 0 Å². The second-order valence-corrected chi connectivity index (χ2v) is 31.5. The van der Waals surface area contributed by atoms with Crippen LogP contribution in [0.5, 0.6) is 0 Å². The normalized spacial score (nSPS) is 52.0. The van der Waals surface area contributed by atoms with Crippen LogP contribution >= 0.6 is 37.7 Å². The number of hydrogen-bond donors (Lipinski definition) is 1. The zero-order valence-corrected chi connectivity index (χ0v) is 26.2. The van der Waals surface area contributed by atoms with Crippen molar-refractivity contribution in [1.82, 2.24) is 0 Å². The average molecular weight is 625 g/mol. The van der Waals surface area contributed by atoms with Gasteiger partial charge in [-0.3, -0.25) is 0 Å². The van der Waals surface area contributed by atoms with Crippen molar-refractivity contribution >= 4 is 37.7 Å². The first-order chi connectivity index (χ1) is 15.7. The topological polar surface area (TPSA) is 20.2 Å². The molecule has 1 nitrogen and oxygen atoms in total. The number of aliphatic hydroxyl groups excluding tert-OH is 1. The van der Waals surface area contributed by atoms with Gasteiger partial charge in [-0.2, -0.15) is 0 Å². The van der Waals surface area contributed by atoms with Gasteiger partial charge in [0.2, 0.25) is 0 Å². The summed E-state index contributed by atoms with van der Waals surface area (Å²) in [7, 11) is 20.1. The van der Waals surface area contributed by atoms with Crippen LogP contribution < -0.4 is 0 Å². The summed E-state index contributed by atoms with van der Waals surface area (Å²) >= 11 is -3.13. The molecule has 0 radical (unpaired) electrons. The van der Waals surface area contributed by atoms with Crippen molar-refractivity contribution in [1.29, 1.82) is 0 Å². The van der Waals surface area contributed by atoms with E-state index in [0.717, 1.165) is 41.9 Å². The minimum absolute atomic E-state index is 0.0238. The molecule has 194 valence electrons.